The molecular weight excluding hydrogens is 464 g/mol. The predicted molar refractivity (Wildman–Crippen MR) is 135 cm³/mol. The maximum absolute atomic E-state index is 14.1. The third kappa shape index (κ3) is 4.76. The average Bonchev–Trinajstić information content (AvgIpc) is 3.58. The van der Waals surface area contributed by atoms with E-state index >= 15 is 0 Å². The number of aromatic nitrogens is 4. The molecule has 3 fully saturated rings. The summed E-state index contributed by atoms with van der Waals surface area (Å²) >= 11 is 0. The molecule has 1 saturated carbocycles. The van der Waals surface area contributed by atoms with Gasteiger partial charge in [0.15, 0.2) is 5.82 Å². The van der Waals surface area contributed by atoms with Crippen molar-refractivity contribution in [2.45, 2.75) is 57.0 Å². The van der Waals surface area contributed by atoms with E-state index in [1.165, 1.54) is 30.5 Å². The van der Waals surface area contributed by atoms with Gasteiger partial charge in [0, 0.05) is 31.2 Å². The van der Waals surface area contributed by atoms with Crippen LogP contribution in [0.1, 0.15) is 50.8 Å². The number of imidazole rings is 1. The average molecular weight is 498 g/mol. The molecule has 10 heteroatoms. The summed E-state index contributed by atoms with van der Waals surface area (Å²) in [5.74, 6) is 1.30. The smallest absolute Gasteiger partial charge is 0.296 e. The van der Waals surface area contributed by atoms with Crippen molar-refractivity contribution in [3.8, 4) is 5.82 Å². The van der Waals surface area contributed by atoms with E-state index < -0.39 is 6.43 Å². The number of benzene rings is 1. The molecule has 3 aromatic rings. The summed E-state index contributed by atoms with van der Waals surface area (Å²) in [7, 11) is 0. The quantitative estimate of drug-likeness (QED) is 0.541. The number of ether oxygens (including phenoxy) is 1. The number of nitrogens with zero attached hydrogens (tertiary/aromatic N) is 6. The standard InChI is InChI=1S/C26H33F2N7O/c27-24(28)25-30-20-5-1-2-6-21(20)35(25)23-17-22(34-13-15-36-16-14-34)31-26(32-23)29-18-7-9-19(10-8-18)33-11-3-4-12-33/h1-2,5-6,17-19,24H,3-4,7-16H2,(H,29,31,32)/t18-,19-. The van der Waals surface area contributed by atoms with Crippen LogP contribution in [0.3, 0.4) is 0 Å². The zero-order valence-corrected chi connectivity index (χ0v) is 20.5. The summed E-state index contributed by atoms with van der Waals surface area (Å²) in [5.41, 5.74) is 1.13. The summed E-state index contributed by atoms with van der Waals surface area (Å²) in [5, 5.41) is 3.55. The highest BCUT2D eigenvalue weighted by Gasteiger charge is 2.28. The van der Waals surface area contributed by atoms with Crippen molar-refractivity contribution in [1.29, 1.82) is 0 Å². The van der Waals surface area contributed by atoms with Crippen LogP contribution in [0, 0.1) is 0 Å². The van der Waals surface area contributed by atoms with E-state index in [-0.39, 0.29) is 11.9 Å². The van der Waals surface area contributed by atoms with Gasteiger partial charge in [0.2, 0.25) is 5.95 Å². The number of hydrogen-bond acceptors (Lipinski definition) is 7. The second kappa shape index (κ2) is 10.3. The van der Waals surface area contributed by atoms with Gasteiger partial charge < -0.3 is 19.9 Å². The summed E-state index contributed by atoms with van der Waals surface area (Å²) in [4.78, 5) is 18.6. The van der Waals surface area contributed by atoms with Crippen LogP contribution in [-0.4, -0.2) is 75.9 Å². The minimum atomic E-state index is -2.73. The number of alkyl halides is 2. The van der Waals surface area contributed by atoms with Crippen molar-refractivity contribution in [3.05, 3.63) is 36.2 Å². The monoisotopic (exact) mass is 497 g/mol. The number of anilines is 2. The first-order chi connectivity index (χ1) is 17.7. The Morgan fingerprint density at radius 2 is 1.61 bits per heavy atom. The lowest BCUT2D eigenvalue weighted by Gasteiger charge is -2.35. The molecule has 0 bridgehead atoms. The van der Waals surface area contributed by atoms with Gasteiger partial charge >= 0.3 is 0 Å². The number of para-hydroxylation sites is 2. The first-order valence-electron chi connectivity index (χ1n) is 13.1. The second-order valence-corrected chi connectivity index (χ2v) is 10.00. The Morgan fingerprint density at radius 3 is 2.36 bits per heavy atom. The lowest BCUT2D eigenvalue weighted by atomic mass is 9.90. The zero-order chi connectivity index (χ0) is 24.5. The number of nitrogens with one attached hydrogen (secondary N) is 1. The minimum Gasteiger partial charge on any atom is -0.378 e. The Bertz CT molecular complexity index is 1180. The molecule has 3 aliphatic rings. The second-order valence-electron chi connectivity index (χ2n) is 10.00. The van der Waals surface area contributed by atoms with E-state index in [4.69, 9.17) is 14.7 Å². The molecule has 0 spiro atoms. The van der Waals surface area contributed by atoms with Crippen molar-refractivity contribution in [2.75, 3.05) is 49.6 Å². The third-order valence-electron chi connectivity index (χ3n) is 7.73. The third-order valence-corrected chi connectivity index (χ3v) is 7.73. The molecule has 2 aliphatic heterocycles. The number of rotatable bonds is 6. The van der Waals surface area contributed by atoms with E-state index in [1.54, 1.807) is 24.3 Å². The van der Waals surface area contributed by atoms with Crippen LogP contribution in [0.5, 0.6) is 0 Å². The Hall–Kier alpha value is -2.85. The van der Waals surface area contributed by atoms with Gasteiger partial charge in [-0.25, -0.2) is 13.8 Å². The minimum absolute atomic E-state index is 0.269. The maximum atomic E-state index is 14.1. The van der Waals surface area contributed by atoms with Gasteiger partial charge in [-0.1, -0.05) is 12.1 Å². The van der Waals surface area contributed by atoms with Gasteiger partial charge in [0.1, 0.15) is 11.6 Å². The van der Waals surface area contributed by atoms with E-state index in [2.05, 4.69) is 20.1 Å². The van der Waals surface area contributed by atoms with E-state index in [0.717, 1.165) is 31.5 Å². The normalized spacial score (nSPS) is 23.6. The van der Waals surface area contributed by atoms with Crippen LogP contribution >= 0.6 is 0 Å². The predicted octanol–water partition coefficient (Wildman–Crippen LogP) is 4.41. The maximum Gasteiger partial charge on any atom is 0.296 e. The molecule has 0 unspecified atom stereocenters. The van der Waals surface area contributed by atoms with Gasteiger partial charge in [-0.15, -0.1) is 0 Å². The number of halogens is 2. The summed E-state index contributed by atoms with van der Waals surface area (Å²) in [6.07, 6.45) is 4.33. The summed E-state index contributed by atoms with van der Waals surface area (Å²) < 4.78 is 35.1. The summed E-state index contributed by atoms with van der Waals surface area (Å²) in [6, 6.07) is 9.92. The number of likely N-dealkylation sites (tertiary alicyclic amines) is 1. The molecule has 192 valence electrons. The van der Waals surface area contributed by atoms with Gasteiger partial charge in [-0.05, 0) is 63.7 Å². The fraction of sp³-hybridized carbons (Fsp3) is 0.577. The van der Waals surface area contributed by atoms with Gasteiger partial charge in [0.05, 0.1) is 24.2 Å². The Labute approximate surface area is 209 Å². The molecule has 1 N–H and O–H groups in total. The molecule has 36 heavy (non-hydrogen) atoms. The lowest BCUT2D eigenvalue weighted by Crippen LogP contribution is -2.39. The van der Waals surface area contributed by atoms with Crippen LogP contribution in [0.4, 0.5) is 20.5 Å². The van der Waals surface area contributed by atoms with Gasteiger partial charge in [-0.3, -0.25) is 4.57 Å². The molecule has 1 aliphatic carbocycles. The summed E-state index contributed by atoms with van der Waals surface area (Å²) in [6.45, 7) is 5.06. The molecule has 0 atom stereocenters. The van der Waals surface area contributed by atoms with E-state index in [9.17, 15) is 8.78 Å². The SMILES string of the molecule is FC(F)c1nc2ccccc2n1-c1cc(N2CCOCC2)nc(N[C@H]2CC[C@H](N3CCCC3)CC2)n1. The molecule has 0 amide bonds. The highest BCUT2D eigenvalue weighted by Crippen LogP contribution is 2.31. The molecule has 8 nitrogen and oxygen atoms in total. The topological polar surface area (TPSA) is 71.3 Å². The number of fused-ring (bicyclic) bond motifs is 1. The molecule has 4 heterocycles. The van der Waals surface area contributed by atoms with Crippen LogP contribution in [-0.2, 0) is 4.74 Å². The fourth-order valence-corrected chi connectivity index (χ4v) is 5.86. The number of hydrogen-bond donors (Lipinski definition) is 1. The first kappa shape index (κ1) is 23.5. The van der Waals surface area contributed by atoms with Crippen LogP contribution in [0.2, 0.25) is 0 Å². The van der Waals surface area contributed by atoms with E-state index in [1.807, 2.05) is 6.07 Å². The lowest BCUT2D eigenvalue weighted by molar-refractivity contribution is 0.122. The molecular formula is C26H33F2N7O. The van der Waals surface area contributed by atoms with Crippen LogP contribution in [0.25, 0.3) is 16.9 Å². The van der Waals surface area contributed by atoms with Crippen molar-refractivity contribution < 1.29 is 13.5 Å². The van der Waals surface area contributed by atoms with E-state index in [0.29, 0.717) is 55.1 Å². The largest absolute Gasteiger partial charge is 0.378 e. The van der Waals surface area contributed by atoms with Crippen molar-refractivity contribution in [2.24, 2.45) is 0 Å². The van der Waals surface area contributed by atoms with Gasteiger partial charge in [0.25, 0.3) is 6.43 Å². The zero-order valence-electron chi connectivity index (χ0n) is 20.5. The van der Waals surface area contributed by atoms with Crippen molar-refractivity contribution in [3.63, 3.8) is 0 Å². The molecule has 1 aromatic carbocycles. The van der Waals surface area contributed by atoms with Crippen molar-refractivity contribution in [1.82, 2.24) is 24.4 Å². The van der Waals surface area contributed by atoms with Crippen LogP contribution in [0.15, 0.2) is 30.3 Å². The molecule has 0 radical (unpaired) electrons. The highest BCUT2D eigenvalue weighted by atomic mass is 19.3. The van der Waals surface area contributed by atoms with Gasteiger partial charge in [-0.2, -0.15) is 9.97 Å². The van der Waals surface area contributed by atoms with Crippen LogP contribution < -0.4 is 10.2 Å². The Balaban J connectivity index is 1.32. The highest BCUT2D eigenvalue weighted by molar-refractivity contribution is 5.78. The molecule has 2 aromatic heterocycles. The first-order valence-corrected chi connectivity index (χ1v) is 13.1. The molecule has 2 saturated heterocycles. The molecule has 6 rings (SSSR count). The van der Waals surface area contributed by atoms with Crippen molar-refractivity contribution >= 4 is 22.8 Å². The Morgan fingerprint density at radius 1 is 0.889 bits per heavy atom. The Kier molecular flexibility index (Phi) is 6.71. The number of morpholine rings is 1. The fourth-order valence-electron chi connectivity index (χ4n) is 5.86.